The number of carbonyl (C=O) groups is 2. The molecule has 2 unspecified atom stereocenters. The van der Waals surface area contributed by atoms with Crippen LogP contribution in [-0.4, -0.2) is 36.7 Å². The number of carboxylic acid groups (broad SMARTS) is 1. The van der Waals surface area contributed by atoms with E-state index < -0.39 is 12.0 Å². The number of methoxy groups -OCH3 is 1. The molecule has 0 heterocycles. The first-order valence-electron chi connectivity index (χ1n) is 6.31. The topological polar surface area (TPSA) is 87.7 Å². The molecule has 2 atom stereocenters. The van der Waals surface area contributed by atoms with Crippen molar-refractivity contribution in [3.8, 4) is 5.75 Å². The molecule has 0 radical (unpaired) electrons. The lowest BCUT2D eigenvalue weighted by molar-refractivity contribution is -0.141. The number of carboxylic acids is 1. The summed E-state index contributed by atoms with van der Waals surface area (Å²) in [6.07, 6.45) is 0. The van der Waals surface area contributed by atoms with E-state index in [-0.39, 0.29) is 18.5 Å². The average molecular weight is 280 g/mol. The number of ether oxygens (including phenoxy) is 1. The number of hydrogen-bond donors (Lipinski definition) is 3. The van der Waals surface area contributed by atoms with Crippen LogP contribution in [0.1, 0.15) is 25.5 Å². The number of rotatable bonds is 7. The van der Waals surface area contributed by atoms with Crippen LogP contribution in [0.4, 0.5) is 0 Å². The van der Waals surface area contributed by atoms with Crippen LogP contribution in [0, 0.1) is 0 Å². The highest BCUT2D eigenvalue weighted by atomic mass is 16.5. The van der Waals surface area contributed by atoms with E-state index in [0.29, 0.717) is 0 Å². The Hall–Kier alpha value is -2.08. The predicted molar refractivity (Wildman–Crippen MR) is 74.7 cm³/mol. The zero-order valence-corrected chi connectivity index (χ0v) is 11.8. The van der Waals surface area contributed by atoms with E-state index in [1.165, 1.54) is 6.92 Å². The van der Waals surface area contributed by atoms with Crippen molar-refractivity contribution in [2.24, 2.45) is 0 Å². The summed E-state index contributed by atoms with van der Waals surface area (Å²) in [7, 11) is 1.60. The molecule has 20 heavy (non-hydrogen) atoms. The summed E-state index contributed by atoms with van der Waals surface area (Å²) < 4.78 is 5.08. The molecule has 110 valence electrons. The zero-order valence-electron chi connectivity index (χ0n) is 11.8. The second-order valence-corrected chi connectivity index (χ2v) is 4.49. The molecule has 0 saturated carbocycles. The lowest BCUT2D eigenvalue weighted by Gasteiger charge is -2.19. The van der Waals surface area contributed by atoms with Crippen molar-refractivity contribution in [2.75, 3.05) is 13.7 Å². The maximum atomic E-state index is 11.0. The van der Waals surface area contributed by atoms with Gasteiger partial charge in [0.1, 0.15) is 11.8 Å². The standard InChI is InChI=1S/C14H20N2O4/c1-9(11-4-6-12(20-3)7-5-11)15-8-13(14(18)19)16-10(2)17/h4-7,9,13,15H,8H2,1-3H3,(H,16,17)(H,18,19). The Kier molecular flexibility index (Phi) is 5.99. The van der Waals surface area contributed by atoms with Crippen LogP contribution in [0.25, 0.3) is 0 Å². The molecule has 0 aliphatic carbocycles. The van der Waals surface area contributed by atoms with Gasteiger partial charge < -0.3 is 20.5 Å². The van der Waals surface area contributed by atoms with Crippen LogP contribution < -0.4 is 15.4 Å². The molecule has 1 aromatic rings. The molecular weight excluding hydrogens is 260 g/mol. The second-order valence-electron chi connectivity index (χ2n) is 4.49. The normalized spacial score (nSPS) is 13.3. The van der Waals surface area contributed by atoms with Crippen LogP contribution in [0.2, 0.25) is 0 Å². The van der Waals surface area contributed by atoms with Gasteiger partial charge in [0.05, 0.1) is 7.11 Å². The van der Waals surface area contributed by atoms with Gasteiger partial charge in [-0.25, -0.2) is 4.79 Å². The monoisotopic (exact) mass is 280 g/mol. The maximum Gasteiger partial charge on any atom is 0.327 e. The summed E-state index contributed by atoms with van der Waals surface area (Å²) in [5.74, 6) is -0.659. The molecule has 1 rings (SSSR count). The number of benzene rings is 1. The third-order valence-corrected chi connectivity index (χ3v) is 2.92. The molecule has 1 aromatic carbocycles. The van der Waals surface area contributed by atoms with Crippen LogP contribution >= 0.6 is 0 Å². The van der Waals surface area contributed by atoms with Gasteiger partial charge >= 0.3 is 5.97 Å². The number of carbonyl (C=O) groups excluding carboxylic acids is 1. The van der Waals surface area contributed by atoms with Gasteiger partial charge in [0, 0.05) is 19.5 Å². The van der Waals surface area contributed by atoms with Crippen LogP contribution in [0.15, 0.2) is 24.3 Å². The van der Waals surface area contributed by atoms with Crippen molar-refractivity contribution >= 4 is 11.9 Å². The van der Waals surface area contributed by atoms with E-state index in [4.69, 9.17) is 9.84 Å². The Morgan fingerprint density at radius 1 is 1.30 bits per heavy atom. The average Bonchev–Trinajstić information content (AvgIpc) is 2.42. The summed E-state index contributed by atoms with van der Waals surface area (Å²) in [4.78, 5) is 21.9. The van der Waals surface area contributed by atoms with Gasteiger partial charge in [-0.3, -0.25) is 4.79 Å². The summed E-state index contributed by atoms with van der Waals surface area (Å²) >= 11 is 0. The number of amides is 1. The maximum absolute atomic E-state index is 11.0. The first kappa shape index (κ1) is 16.0. The van der Waals surface area contributed by atoms with Crippen LogP contribution in [0.5, 0.6) is 5.75 Å². The SMILES string of the molecule is COc1ccc(C(C)NCC(NC(C)=O)C(=O)O)cc1. The third-order valence-electron chi connectivity index (χ3n) is 2.92. The summed E-state index contributed by atoms with van der Waals surface area (Å²) in [6.45, 7) is 3.37. The fourth-order valence-corrected chi connectivity index (χ4v) is 1.75. The van der Waals surface area contributed by atoms with Crippen LogP contribution in [0.3, 0.4) is 0 Å². The molecule has 3 N–H and O–H groups in total. The largest absolute Gasteiger partial charge is 0.497 e. The molecule has 0 aliphatic heterocycles. The summed E-state index contributed by atoms with van der Waals surface area (Å²) in [5.41, 5.74) is 1.01. The smallest absolute Gasteiger partial charge is 0.327 e. The van der Waals surface area contributed by atoms with Crippen molar-refractivity contribution in [2.45, 2.75) is 25.9 Å². The van der Waals surface area contributed by atoms with Crippen molar-refractivity contribution in [1.82, 2.24) is 10.6 Å². The van der Waals surface area contributed by atoms with E-state index in [9.17, 15) is 9.59 Å². The van der Waals surface area contributed by atoms with Gasteiger partial charge in [0.15, 0.2) is 0 Å². The Morgan fingerprint density at radius 3 is 2.35 bits per heavy atom. The molecule has 1 amide bonds. The number of aliphatic carboxylic acids is 1. The van der Waals surface area contributed by atoms with Crippen molar-refractivity contribution < 1.29 is 19.4 Å². The van der Waals surface area contributed by atoms with E-state index in [0.717, 1.165) is 11.3 Å². The second kappa shape index (κ2) is 7.49. The van der Waals surface area contributed by atoms with Crippen molar-refractivity contribution in [3.63, 3.8) is 0 Å². The van der Waals surface area contributed by atoms with E-state index in [1.807, 2.05) is 31.2 Å². The molecule has 0 aromatic heterocycles. The molecule has 0 fully saturated rings. The highest BCUT2D eigenvalue weighted by Gasteiger charge is 2.19. The Morgan fingerprint density at radius 2 is 1.90 bits per heavy atom. The minimum absolute atomic E-state index is 0.0310. The minimum atomic E-state index is -1.06. The van der Waals surface area contributed by atoms with Gasteiger partial charge in [-0.05, 0) is 24.6 Å². The highest BCUT2D eigenvalue weighted by Crippen LogP contribution is 2.17. The quantitative estimate of drug-likeness (QED) is 0.691. The molecule has 6 heteroatoms. The highest BCUT2D eigenvalue weighted by molar-refractivity contribution is 5.82. The Balaban J connectivity index is 2.57. The lowest BCUT2D eigenvalue weighted by atomic mass is 10.1. The molecule has 0 spiro atoms. The minimum Gasteiger partial charge on any atom is -0.497 e. The lowest BCUT2D eigenvalue weighted by Crippen LogP contribution is -2.46. The Bertz CT molecular complexity index is 459. The van der Waals surface area contributed by atoms with Crippen LogP contribution in [-0.2, 0) is 9.59 Å². The van der Waals surface area contributed by atoms with E-state index >= 15 is 0 Å². The van der Waals surface area contributed by atoms with Crippen molar-refractivity contribution in [3.05, 3.63) is 29.8 Å². The summed E-state index contributed by atoms with van der Waals surface area (Å²) in [6, 6.07) is 6.53. The van der Waals surface area contributed by atoms with E-state index in [1.54, 1.807) is 7.11 Å². The first-order valence-corrected chi connectivity index (χ1v) is 6.31. The van der Waals surface area contributed by atoms with Crippen molar-refractivity contribution in [1.29, 1.82) is 0 Å². The fourth-order valence-electron chi connectivity index (χ4n) is 1.75. The first-order chi connectivity index (χ1) is 9.43. The summed E-state index contributed by atoms with van der Waals surface area (Å²) in [5, 5.41) is 14.5. The predicted octanol–water partition coefficient (Wildman–Crippen LogP) is 0.935. The molecular formula is C14H20N2O4. The molecule has 6 nitrogen and oxygen atoms in total. The van der Waals surface area contributed by atoms with Gasteiger partial charge in [-0.2, -0.15) is 0 Å². The van der Waals surface area contributed by atoms with Gasteiger partial charge in [-0.1, -0.05) is 12.1 Å². The number of hydrogen-bond acceptors (Lipinski definition) is 4. The van der Waals surface area contributed by atoms with Gasteiger partial charge in [0.2, 0.25) is 5.91 Å². The fraction of sp³-hybridized carbons (Fsp3) is 0.429. The Labute approximate surface area is 118 Å². The van der Waals surface area contributed by atoms with E-state index in [2.05, 4.69) is 10.6 Å². The molecule has 0 saturated heterocycles. The molecule has 0 aliphatic rings. The molecule has 0 bridgehead atoms. The zero-order chi connectivity index (χ0) is 15.1. The third kappa shape index (κ3) is 4.89. The van der Waals surface area contributed by atoms with Gasteiger partial charge in [0.25, 0.3) is 0 Å². The van der Waals surface area contributed by atoms with Gasteiger partial charge in [-0.15, -0.1) is 0 Å². The number of nitrogens with one attached hydrogen (secondary N) is 2.